The van der Waals surface area contributed by atoms with Crippen molar-refractivity contribution in [3.05, 3.63) is 23.9 Å². The SMILES string of the molecule is Cl.NC(=O)c1cccnc1N1CCOCC1. The van der Waals surface area contributed by atoms with Crippen molar-refractivity contribution in [1.29, 1.82) is 0 Å². The lowest BCUT2D eigenvalue weighted by atomic mass is 10.2. The zero-order chi connectivity index (χ0) is 10.7. The molecule has 0 unspecified atom stereocenters. The van der Waals surface area contributed by atoms with Gasteiger partial charge in [-0.1, -0.05) is 0 Å². The van der Waals surface area contributed by atoms with Gasteiger partial charge >= 0.3 is 0 Å². The number of carbonyl (C=O) groups is 1. The van der Waals surface area contributed by atoms with Crippen LogP contribution in [0.2, 0.25) is 0 Å². The number of ether oxygens (including phenoxy) is 1. The number of nitrogens with two attached hydrogens (primary N) is 1. The molecule has 5 nitrogen and oxygen atoms in total. The van der Waals surface area contributed by atoms with Gasteiger partial charge < -0.3 is 15.4 Å². The van der Waals surface area contributed by atoms with Gasteiger partial charge in [0.05, 0.1) is 18.8 Å². The number of nitrogens with zero attached hydrogens (tertiary/aromatic N) is 2. The average molecular weight is 244 g/mol. The maximum Gasteiger partial charge on any atom is 0.252 e. The van der Waals surface area contributed by atoms with Gasteiger partial charge in [-0.3, -0.25) is 4.79 Å². The number of rotatable bonds is 2. The van der Waals surface area contributed by atoms with E-state index in [2.05, 4.69) is 4.98 Å². The highest BCUT2D eigenvalue weighted by Gasteiger charge is 2.17. The fraction of sp³-hybridized carbons (Fsp3) is 0.400. The summed E-state index contributed by atoms with van der Waals surface area (Å²) in [4.78, 5) is 17.4. The first-order valence-corrected chi connectivity index (χ1v) is 4.86. The second-order valence-electron chi connectivity index (χ2n) is 3.34. The fourth-order valence-electron chi connectivity index (χ4n) is 1.62. The lowest BCUT2D eigenvalue weighted by Crippen LogP contribution is -2.38. The summed E-state index contributed by atoms with van der Waals surface area (Å²) in [5, 5.41) is 0. The topological polar surface area (TPSA) is 68.5 Å². The van der Waals surface area contributed by atoms with E-state index < -0.39 is 5.91 Å². The van der Waals surface area contributed by atoms with Gasteiger partial charge in [0.1, 0.15) is 5.82 Å². The van der Waals surface area contributed by atoms with E-state index in [0.29, 0.717) is 24.6 Å². The zero-order valence-electron chi connectivity index (χ0n) is 8.76. The van der Waals surface area contributed by atoms with Crippen LogP contribution in [-0.4, -0.2) is 37.2 Å². The molecule has 0 spiro atoms. The Morgan fingerprint density at radius 3 is 2.75 bits per heavy atom. The van der Waals surface area contributed by atoms with Gasteiger partial charge in [0.2, 0.25) is 0 Å². The zero-order valence-corrected chi connectivity index (χ0v) is 9.57. The molecule has 1 aliphatic rings. The summed E-state index contributed by atoms with van der Waals surface area (Å²) in [6, 6.07) is 3.41. The summed E-state index contributed by atoms with van der Waals surface area (Å²) in [7, 11) is 0. The molecule has 1 fully saturated rings. The Labute approximate surface area is 100.0 Å². The molecule has 0 atom stereocenters. The number of hydrogen-bond acceptors (Lipinski definition) is 4. The third kappa shape index (κ3) is 2.62. The molecule has 1 aliphatic heterocycles. The molecule has 1 aromatic heterocycles. The summed E-state index contributed by atoms with van der Waals surface area (Å²) in [5.74, 6) is 0.220. The predicted molar refractivity (Wildman–Crippen MR) is 63.0 cm³/mol. The molecular weight excluding hydrogens is 230 g/mol. The molecule has 1 aromatic rings. The third-order valence-corrected chi connectivity index (χ3v) is 2.36. The van der Waals surface area contributed by atoms with Crippen LogP contribution in [0.5, 0.6) is 0 Å². The van der Waals surface area contributed by atoms with Crippen molar-refractivity contribution in [3.8, 4) is 0 Å². The van der Waals surface area contributed by atoms with Crippen molar-refractivity contribution in [3.63, 3.8) is 0 Å². The van der Waals surface area contributed by atoms with E-state index >= 15 is 0 Å². The van der Waals surface area contributed by atoms with Crippen molar-refractivity contribution in [2.24, 2.45) is 5.73 Å². The van der Waals surface area contributed by atoms with Gasteiger partial charge in [0.15, 0.2) is 0 Å². The second kappa shape index (κ2) is 5.67. The van der Waals surface area contributed by atoms with Crippen LogP contribution in [0, 0.1) is 0 Å². The van der Waals surface area contributed by atoms with E-state index in [1.165, 1.54) is 0 Å². The number of primary amides is 1. The van der Waals surface area contributed by atoms with Gasteiger partial charge in [-0.25, -0.2) is 4.98 Å². The molecule has 0 bridgehead atoms. The smallest absolute Gasteiger partial charge is 0.252 e. The number of amides is 1. The van der Waals surface area contributed by atoms with E-state index in [9.17, 15) is 4.79 Å². The summed E-state index contributed by atoms with van der Waals surface area (Å²) in [6.07, 6.45) is 1.66. The Morgan fingerprint density at radius 2 is 2.12 bits per heavy atom. The molecule has 0 aromatic carbocycles. The number of hydrogen-bond donors (Lipinski definition) is 1. The number of aromatic nitrogens is 1. The number of halogens is 1. The van der Waals surface area contributed by atoms with Crippen LogP contribution in [0.25, 0.3) is 0 Å². The van der Waals surface area contributed by atoms with Crippen molar-refractivity contribution in [1.82, 2.24) is 4.98 Å². The van der Waals surface area contributed by atoms with Crippen molar-refractivity contribution >= 4 is 24.1 Å². The third-order valence-electron chi connectivity index (χ3n) is 2.36. The fourth-order valence-corrected chi connectivity index (χ4v) is 1.62. The van der Waals surface area contributed by atoms with Gasteiger partial charge in [0, 0.05) is 19.3 Å². The minimum atomic E-state index is -0.440. The molecule has 0 radical (unpaired) electrons. The monoisotopic (exact) mass is 243 g/mol. The van der Waals surface area contributed by atoms with E-state index in [4.69, 9.17) is 10.5 Å². The van der Waals surface area contributed by atoms with Crippen molar-refractivity contribution in [2.75, 3.05) is 31.2 Å². The molecule has 2 rings (SSSR count). The number of carbonyl (C=O) groups excluding carboxylic acids is 1. The molecular formula is C10H14ClN3O2. The molecule has 16 heavy (non-hydrogen) atoms. The highest BCUT2D eigenvalue weighted by molar-refractivity contribution is 5.97. The Morgan fingerprint density at radius 1 is 1.44 bits per heavy atom. The maximum atomic E-state index is 11.2. The highest BCUT2D eigenvalue weighted by atomic mass is 35.5. The molecule has 2 N–H and O–H groups in total. The Kier molecular flexibility index (Phi) is 4.52. The van der Waals surface area contributed by atoms with E-state index in [1.54, 1.807) is 18.3 Å². The minimum Gasteiger partial charge on any atom is -0.378 e. The van der Waals surface area contributed by atoms with Crippen LogP contribution < -0.4 is 10.6 Å². The van der Waals surface area contributed by atoms with Gasteiger partial charge in [0.25, 0.3) is 5.91 Å². The molecule has 1 saturated heterocycles. The Hall–Kier alpha value is -1.33. The van der Waals surface area contributed by atoms with Crippen molar-refractivity contribution in [2.45, 2.75) is 0 Å². The molecule has 88 valence electrons. The lowest BCUT2D eigenvalue weighted by molar-refractivity contribution is 0.0998. The van der Waals surface area contributed by atoms with Crippen LogP contribution in [-0.2, 0) is 4.74 Å². The summed E-state index contributed by atoms with van der Waals surface area (Å²) < 4.78 is 5.24. The van der Waals surface area contributed by atoms with Crippen LogP contribution in [0.4, 0.5) is 5.82 Å². The summed E-state index contributed by atoms with van der Waals surface area (Å²) in [6.45, 7) is 2.82. The van der Waals surface area contributed by atoms with Crippen LogP contribution >= 0.6 is 12.4 Å². The standard InChI is InChI=1S/C10H13N3O2.ClH/c11-9(14)8-2-1-3-12-10(8)13-4-6-15-7-5-13;/h1-3H,4-7H2,(H2,11,14);1H. The highest BCUT2D eigenvalue weighted by Crippen LogP contribution is 2.17. The largest absolute Gasteiger partial charge is 0.378 e. The number of anilines is 1. The average Bonchev–Trinajstić information content (AvgIpc) is 2.30. The van der Waals surface area contributed by atoms with Gasteiger partial charge in [-0.05, 0) is 12.1 Å². The Balaban J connectivity index is 0.00000128. The van der Waals surface area contributed by atoms with Crippen LogP contribution in [0.3, 0.4) is 0 Å². The summed E-state index contributed by atoms with van der Waals surface area (Å²) >= 11 is 0. The van der Waals surface area contributed by atoms with Crippen LogP contribution in [0.1, 0.15) is 10.4 Å². The van der Waals surface area contributed by atoms with Gasteiger partial charge in [-0.2, -0.15) is 0 Å². The predicted octanol–water partition coefficient (Wildman–Crippen LogP) is 0.439. The minimum absolute atomic E-state index is 0. The summed E-state index contributed by atoms with van der Waals surface area (Å²) in [5.41, 5.74) is 5.76. The molecule has 1 amide bonds. The number of pyridine rings is 1. The first-order valence-electron chi connectivity index (χ1n) is 4.86. The first kappa shape index (κ1) is 12.7. The normalized spacial score (nSPS) is 15.4. The lowest BCUT2D eigenvalue weighted by Gasteiger charge is -2.28. The second-order valence-corrected chi connectivity index (χ2v) is 3.34. The van der Waals surface area contributed by atoms with E-state index in [0.717, 1.165) is 13.1 Å². The molecule has 2 heterocycles. The van der Waals surface area contributed by atoms with Gasteiger partial charge in [-0.15, -0.1) is 12.4 Å². The molecule has 0 saturated carbocycles. The maximum absolute atomic E-state index is 11.2. The molecule has 6 heteroatoms. The number of morpholine rings is 1. The Bertz CT molecular complexity index is 367. The van der Waals surface area contributed by atoms with Crippen molar-refractivity contribution < 1.29 is 9.53 Å². The van der Waals surface area contributed by atoms with E-state index in [-0.39, 0.29) is 12.4 Å². The first-order chi connectivity index (χ1) is 7.29. The molecule has 0 aliphatic carbocycles. The van der Waals surface area contributed by atoms with Crippen LogP contribution in [0.15, 0.2) is 18.3 Å². The van der Waals surface area contributed by atoms with E-state index in [1.807, 2.05) is 4.90 Å². The quantitative estimate of drug-likeness (QED) is 0.819.